The maximum Gasteiger partial charge on any atom is 0.330 e. The van der Waals surface area contributed by atoms with E-state index in [1.165, 1.54) is 83.5 Å². The van der Waals surface area contributed by atoms with Crippen LogP contribution in [-0.2, 0) is 19.1 Å². The summed E-state index contributed by atoms with van der Waals surface area (Å²) in [5, 5.41) is 5.75. The predicted molar refractivity (Wildman–Crippen MR) is 236 cm³/mol. The van der Waals surface area contributed by atoms with Gasteiger partial charge in [0.15, 0.2) is 0 Å². The van der Waals surface area contributed by atoms with Crippen molar-refractivity contribution in [3.63, 3.8) is 0 Å². The maximum absolute atomic E-state index is 13.0. The molecule has 0 saturated heterocycles. The zero-order chi connectivity index (χ0) is 40.3. The number of nitrogens with zero attached hydrogens (tertiary/aromatic N) is 1. The van der Waals surface area contributed by atoms with Crippen molar-refractivity contribution in [1.29, 1.82) is 0 Å². The molecule has 0 spiro atoms. The monoisotopic (exact) mass is 770 g/mol. The zero-order valence-electron chi connectivity index (χ0n) is 36.4. The summed E-state index contributed by atoms with van der Waals surface area (Å²) in [7, 11) is 0. The van der Waals surface area contributed by atoms with Crippen LogP contribution in [0.25, 0.3) is 0 Å². The van der Waals surface area contributed by atoms with E-state index in [0.29, 0.717) is 19.4 Å². The standard InChI is InChI=1S/C48H87N3O4/c1-5-9-11-13-15-17-19-21-23-25-27-29-31-33-35-39-43-55-48(54)45(50-47(53)41-37-38-42-51(7-3)8-4)44-49-46(52)40-36-34-32-30-28-26-24-22-20-18-16-14-12-10-6-2/h15-18,21-24,45H,5-14,19-20,25-44H2,1-4H3,(H,49,52)(H,50,53)/b17-15-,18-16-,23-21-,24-22-. The third kappa shape index (κ3) is 38.0. The molecule has 0 radical (unpaired) electrons. The van der Waals surface area contributed by atoms with E-state index in [4.69, 9.17) is 4.74 Å². The van der Waals surface area contributed by atoms with Crippen molar-refractivity contribution in [1.82, 2.24) is 15.5 Å². The SMILES string of the molecule is CCCCC/C=C\C/C=C\CCCCCCCCOC(=O)C(CNC(=O)CCCCCCC/C=C\C/C=C\CCCCC)NC(=O)CCCCN(CC)CC. The number of hydrogen-bond acceptors (Lipinski definition) is 5. The van der Waals surface area contributed by atoms with Gasteiger partial charge in [-0.2, -0.15) is 0 Å². The van der Waals surface area contributed by atoms with Crippen molar-refractivity contribution < 1.29 is 19.1 Å². The molecule has 0 fully saturated rings. The highest BCUT2D eigenvalue weighted by molar-refractivity contribution is 5.85. The molecule has 7 nitrogen and oxygen atoms in total. The molecule has 0 aromatic heterocycles. The van der Waals surface area contributed by atoms with Gasteiger partial charge in [0, 0.05) is 19.4 Å². The molecule has 0 aromatic carbocycles. The predicted octanol–water partition coefficient (Wildman–Crippen LogP) is 12.3. The molecule has 2 amide bonds. The van der Waals surface area contributed by atoms with Crippen molar-refractivity contribution >= 4 is 17.8 Å². The largest absolute Gasteiger partial charge is 0.464 e. The smallest absolute Gasteiger partial charge is 0.330 e. The Kier molecular flexibility index (Phi) is 40.4. The molecule has 0 saturated carbocycles. The molecule has 0 aliphatic carbocycles. The Bertz CT molecular complexity index is 1000. The summed E-state index contributed by atoms with van der Waals surface area (Å²) in [6.07, 6.45) is 47.1. The van der Waals surface area contributed by atoms with Gasteiger partial charge in [0.05, 0.1) is 6.61 Å². The highest BCUT2D eigenvalue weighted by Gasteiger charge is 2.23. The van der Waals surface area contributed by atoms with Gasteiger partial charge in [0.1, 0.15) is 6.04 Å². The molecule has 2 N–H and O–H groups in total. The lowest BCUT2D eigenvalue weighted by atomic mass is 10.1. The molecular formula is C48H87N3O4. The summed E-state index contributed by atoms with van der Waals surface area (Å²) < 4.78 is 5.60. The van der Waals surface area contributed by atoms with E-state index in [1.54, 1.807) is 0 Å². The van der Waals surface area contributed by atoms with Gasteiger partial charge in [-0.3, -0.25) is 9.59 Å². The number of nitrogens with one attached hydrogen (secondary N) is 2. The van der Waals surface area contributed by atoms with Gasteiger partial charge < -0.3 is 20.3 Å². The van der Waals surface area contributed by atoms with Crippen LogP contribution in [-0.4, -0.2) is 61.5 Å². The molecular weight excluding hydrogens is 683 g/mol. The maximum atomic E-state index is 13.0. The van der Waals surface area contributed by atoms with Gasteiger partial charge >= 0.3 is 5.97 Å². The lowest BCUT2D eigenvalue weighted by molar-refractivity contribution is -0.148. The summed E-state index contributed by atoms with van der Waals surface area (Å²) in [5.74, 6) is -0.711. The number of esters is 1. The fourth-order valence-corrected chi connectivity index (χ4v) is 6.39. The summed E-state index contributed by atoms with van der Waals surface area (Å²) in [6.45, 7) is 12.1. The van der Waals surface area contributed by atoms with Gasteiger partial charge in [-0.15, -0.1) is 0 Å². The topological polar surface area (TPSA) is 87.7 Å². The van der Waals surface area contributed by atoms with Gasteiger partial charge in [-0.05, 0) is 110 Å². The first kappa shape index (κ1) is 52.3. The molecule has 1 atom stereocenters. The van der Waals surface area contributed by atoms with Crippen molar-refractivity contribution in [3.8, 4) is 0 Å². The van der Waals surface area contributed by atoms with E-state index < -0.39 is 12.0 Å². The van der Waals surface area contributed by atoms with Crippen LogP contribution in [0, 0.1) is 0 Å². The highest BCUT2D eigenvalue weighted by Crippen LogP contribution is 2.10. The number of carbonyl (C=O) groups excluding carboxylic acids is 3. The second kappa shape index (κ2) is 42.5. The third-order valence-electron chi connectivity index (χ3n) is 10.1. The van der Waals surface area contributed by atoms with Crippen LogP contribution in [0.5, 0.6) is 0 Å². The van der Waals surface area contributed by atoms with Gasteiger partial charge in [-0.1, -0.05) is 147 Å². The lowest BCUT2D eigenvalue weighted by Crippen LogP contribution is -2.49. The Morgan fingerprint density at radius 2 is 0.945 bits per heavy atom. The summed E-state index contributed by atoms with van der Waals surface area (Å²) >= 11 is 0. The van der Waals surface area contributed by atoms with Crippen LogP contribution in [0.4, 0.5) is 0 Å². The van der Waals surface area contributed by atoms with E-state index in [9.17, 15) is 14.4 Å². The van der Waals surface area contributed by atoms with Gasteiger partial charge in [0.25, 0.3) is 0 Å². The van der Waals surface area contributed by atoms with Crippen molar-refractivity contribution in [2.24, 2.45) is 0 Å². The molecule has 318 valence electrons. The minimum Gasteiger partial charge on any atom is -0.464 e. The van der Waals surface area contributed by atoms with E-state index in [2.05, 4.69) is 91.8 Å². The number of carbonyl (C=O) groups is 3. The van der Waals surface area contributed by atoms with Crippen molar-refractivity contribution in [3.05, 3.63) is 48.6 Å². The first-order valence-electron chi connectivity index (χ1n) is 23.0. The number of hydrogen-bond donors (Lipinski definition) is 2. The Labute approximate surface area is 340 Å². The number of allylic oxidation sites excluding steroid dienone is 8. The van der Waals surface area contributed by atoms with Crippen LogP contribution in [0.2, 0.25) is 0 Å². The Hall–Kier alpha value is -2.67. The second-order valence-corrected chi connectivity index (χ2v) is 15.1. The molecule has 0 aliphatic heterocycles. The van der Waals surface area contributed by atoms with Gasteiger partial charge in [0.2, 0.25) is 11.8 Å². The number of unbranched alkanes of at least 4 members (excludes halogenated alkanes) is 18. The average molecular weight is 770 g/mol. The number of rotatable bonds is 40. The molecule has 0 bridgehead atoms. The normalized spacial score (nSPS) is 12.5. The minimum absolute atomic E-state index is 0.0623. The number of ether oxygens (including phenoxy) is 1. The second-order valence-electron chi connectivity index (χ2n) is 15.1. The van der Waals surface area contributed by atoms with Crippen molar-refractivity contribution in [2.75, 3.05) is 32.8 Å². The van der Waals surface area contributed by atoms with Gasteiger partial charge in [-0.25, -0.2) is 4.79 Å². The van der Waals surface area contributed by atoms with E-state index in [0.717, 1.165) is 96.7 Å². The molecule has 0 heterocycles. The molecule has 0 aliphatic rings. The Balaban J connectivity index is 4.37. The summed E-state index contributed by atoms with van der Waals surface area (Å²) in [6, 6.07) is -0.867. The van der Waals surface area contributed by atoms with Crippen LogP contribution < -0.4 is 10.6 Å². The molecule has 1 unspecified atom stereocenters. The Morgan fingerprint density at radius 1 is 0.509 bits per heavy atom. The third-order valence-corrected chi connectivity index (χ3v) is 10.1. The quantitative estimate of drug-likeness (QED) is 0.0368. The lowest BCUT2D eigenvalue weighted by Gasteiger charge is -2.19. The zero-order valence-corrected chi connectivity index (χ0v) is 36.4. The number of amides is 2. The highest BCUT2D eigenvalue weighted by atomic mass is 16.5. The van der Waals surface area contributed by atoms with E-state index in [1.807, 2.05) is 0 Å². The van der Waals surface area contributed by atoms with Crippen LogP contribution in [0.3, 0.4) is 0 Å². The van der Waals surface area contributed by atoms with E-state index in [-0.39, 0.29) is 18.4 Å². The van der Waals surface area contributed by atoms with E-state index >= 15 is 0 Å². The molecule has 0 rings (SSSR count). The molecule has 7 heteroatoms. The molecule has 55 heavy (non-hydrogen) atoms. The van der Waals surface area contributed by atoms with Crippen LogP contribution in [0.15, 0.2) is 48.6 Å². The summed E-state index contributed by atoms with van der Waals surface area (Å²) in [4.78, 5) is 40.8. The first-order chi connectivity index (χ1) is 27.0. The molecule has 0 aromatic rings. The Morgan fingerprint density at radius 3 is 1.45 bits per heavy atom. The minimum atomic E-state index is -0.867. The van der Waals surface area contributed by atoms with Crippen LogP contribution in [0.1, 0.15) is 201 Å². The fraction of sp³-hybridized carbons (Fsp3) is 0.771. The average Bonchev–Trinajstić information content (AvgIpc) is 3.19. The summed E-state index contributed by atoms with van der Waals surface area (Å²) in [5.41, 5.74) is 0. The fourth-order valence-electron chi connectivity index (χ4n) is 6.39. The van der Waals surface area contributed by atoms with Crippen LogP contribution >= 0.6 is 0 Å². The first-order valence-corrected chi connectivity index (χ1v) is 23.0. The van der Waals surface area contributed by atoms with Crippen molar-refractivity contribution in [2.45, 2.75) is 207 Å².